The van der Waals surface area contributed by atoms with Gasteiger partial charge in [-0.05, 0) is 43.5 Å². The summed E-state index contributed by atoms with van der Waals surface area (Å²) < 4.78 is 17.8. The number of hydrogen-bond acceptors (Lipinski definition) is 10. The quantitative estimate of drug-likeness (QED) is 0.210. The Kier molecular flexibility index (Phi) is 11.2. The number of anilines is 1. The number of esters is 1. The molecule has 8 atom stereocenters. The molecule has 3 aliphatic rings. The molecule has 1 aromatic carbocycles. The van der Waals surface area contributed by atoms with Crippen molar-refractivity contribution in [3.63, 3.8) is 0 Å². The lowest BCUT2D eigenvalue weighted by Gasteiger charge is -2.41. The third-order valence-corrected chi connectivity index (χ3v) is 10.1. The molecule has 8 unspecified atom stereocenters. The van der Waals surface area contributed by atoms with Gasteiger partial charge in [-0.15, -0.1) is 0 Å². The Morgan fingerprint density at radius 3 is 2.60 bits per heavy atom. The van der Waals surface area contributed by atoms with Crippen LogP contribution in [-0.4, -0.2) is 94.5 Å². The summed E-state index contributed by atoms with van der Waals surface area (Å²) >= 11 is 4.27. The third-order valence-electron chi connectivity index (χ3n) is 9.71. The second-order valence-electron chi connectivity index (χ2n) is 13.2. The molecular weight excluding hydrogens is 626 g/mol. The topological polar surface area (TPSA) is 158 Å². The number of benzene rings is 1. The predicted octanol–water partition coefficient (Wildman–Crippen LogP) is 2.90. The van der Waals surface area contributed by atoms with E-state index in [1.807, 2.05) is 44.2 Å². The first-order chi connectivity index (χ1) is 22.0. The lowest BCUT2D eigenvalue weighted by atomic mass is 9.82. The molecule has 13 heteroatoms. The minimum atomic E-state index is -1.60. The van der Waals surface area contributed by atoms with Crippen molar-refractivity contribution in [2.45, 2.75) is 96.2 Å². The number of nitrogens with one attached hydrogen (secondary N) is 1. The van der Waals surface area contributed by atoms with E-state index in [9.17, 15) is 29.4 Å². The second kappa shape index (κ2) is 14.4. The zero-order valence-electron chi connectivity index (χ0n) is 28.1. The van der Waals surface area contributed by atoms with Crippen molar-refractivity contribution >= 4 is 42.2 Å². The Morgan fingerprint density at radius 1 is 1.26 bits per heavy atom. The molecular formula is C34H47N3O9S. The molecule has 0 saturated carbocycles. The van der Waals surface area contributed by atoms with Gasteiger partial charge in [0.05, 0.1) is 19.1 Å². The van der Waals surface area contributed by atoms with Crippen molar-refractivity contribution < 1.29 is 43.6 Å². The van der Waals surface area contributed by atoms with Crippen molar-refractivity contribution in [1.82, 2.24) is 10.2 Å². The first-order valence-corrected chi connectivity index (χ1v) is 16.4. The Bertz CT molecular complexity index is 1450. The zero-order valence-corrected chi connectivity index (χ0v) is 29.0. The standard InChI is InChI=1S/C34H47N3O9S/c1-19-9-8-10-20(2)34(43)16-27(44-32(42)35-34)21(3)30-33(5,46-30)28(45-31(41)26(18-47)36(6)22(4)39)15-29(40)37(7)25-13-23(11-19)12-24(14-25)17-38/h8-10,12-14,20-21,26-28,30,38,43,47H,11,15-18H2,1-7H3,(H,35,42)/b10-8+,19-9+. The molecule has 3 heterocycles. The van der Waals surface area contributed by atoms with Crippen molar-refractivity contribution in [2.24, 2.45) is 11.8 Å². The van der Waals surface area contributed by atoms with Crippen LogP contribution in [0.15, 0.2) is 42.0 Å². The molecule has 258 valence electrons. The number of amides is 3. The van der Waals surface area contributed by atoms with Gasteiger partial charge in [-0.3, -0.25) is 14.9 Å². The summed E-state index contributed by atoms with van der Waals surface area (Å²) in [7, 11) is 3.09. The maximum atomic E-state index is 13.9. The molecule has 0 radical (unpaired) electrons. The van der Waals surface area contributed by atoms with E-state index in [-0.39, 0.29) is 37.0 Å². The number of ether oxygens (including phenoxy) is 3. The van der Waals surface area contributed by atoms with Gasteiger partial charge < -0.3 is 34.2 Å². The number of allylic oxidation sites excluding steroid dienone is 3. The van der Waals surface area contributed by atoms with Gasteiger partial charge in [0.1, 0.15) is 29.6 Å². The van der Waals surface area contributed by atoms with Crippen molar-refractivity contribution in [1.29, 1.82) is 0 Å². The van der Waals surface area contributed by atoms with E-state index in [1.165, 1.54) is 23.8 Å². The summed E-state index contributed by atoms with van der Waals surface area (Å²) in [4.78, 5) is 54.8. The molecule has 47 heavy (non-hydrogen) atoms. The number of nitrogens with zero attached hydrogens (tertiary/aromatic N) is 2. The van der Waals surface area contributed by atoms with Crippen LogP contribution in [0.4, 0.5) is 10.5 Å². The highest BCUT2D eigenvalue weighted by atomic mass is 32.1. The number of rotatable bonds is 5. The third kappa shape index (κ3) is 8.02. The van der Waals surface area contributed by atoms with Crippen LogP contribution in [0.25, 0.3) is 0 Å². The highest BCUT2D eigenvalue weighted by Gasteiger charge is 2.64. The second-order valence-corrected chi connectivity index (χ2v) is 13.6. The van der Waals surface area contributed by atoms with Crippen molar-refractivity contribution in [3.05, 3.63) is 53.1 Å². The molecule has 4 bridgehead atoms. The minimum absolute atomic E-state index is 0.00623. The molecule has 0 aromatic heterocycles. The fraction of sp³-hybridized carbons (Fsp3) is 0.588. The summed E-state index contributed by atoms with van der Waals surface area (Å²) in [5, 5.41) is 24.1. The average molecular weight is 674 g/mol. The summed E-state index contributed by atoms with van der Waals surface area (Å²) in [6.45, 7) is 8.41. The number of thiol groups is 1. The predicted molar refractivity (Wildman–Crippen MR) is 178 cm³/mol. The van der Waals surface area contributed by atoms with Gasteiger partial charge in [-0.25, -0.2) is 9.59 Å². The van der Waals surface area contributed by atoms with Crippen molar-refractivity contribution in [2.75, 3.05) is 24.7 Å². The lowest BCUT2D eigenvalue weighted by Crippen LogP contribution is -2.60. The first-order valence-electron chi connectivity index (χ1n) is 15.8. The van der Waals surface area contributed by atoms with Crippen LogP contribution < -0.4 is 10.2 Å². The van der Waals surface area contributed by atoms with E-state index >= 15 is 0 Å². The molecule has 12 nitrogen and oxygen atoms in total. The number of aliphatic hydroxyl groups is 2. The summed E-state index contributed by atoms with van der Waals surface area (Å²) in [6.07, 6.45) is 2.68. The van der Waals surface area contributed by atoms with Gasteiger partial charge in [0.2, 0.25) is 11.8 Å². The lowest BCUT2D eigenvalue weighted by molar-refractivity contribution is -0.161. The van der Waals surface area contributed by atoms with Crippen LogP contribution in [-0.2, 0) is 41.6 Å². The van der Waals surface area contributed by atoms with Gasteiger partial charge in [-0.1, -0.05) is 43.7 Å². The number of carbonyl (C=O) groups excluding carboxylic acids is 4. The molecule has 0 aliphatic carbocycles. The average Bonchev–Trinajstić information content (AvgIpc) is 3.71. The summed E-state index contributed by atoms with van der Waals surface area (Å²) in [5.41, 5.74) is 0.278. The van der Waals surface area contributed by atoms with Crippen LogP contribution in [0.1, 0.15) is 58.6 Å². The van der Waals surface area contributed by atoms with Crippen LogP contribution in [0, 0.1) is 11.8 Å². The van der Waals surface area contributed by atoms with Crippen LogP contribution >= 0.6 is 12.6 Å². The van der Waals surface area contributed by atoms with E-state index < -0.39 is 59.6 Å². The van der Waals surface area contributed by atoms with Gasteiger partial charge in [-0.2, -0.15) is 12.6 Å². The van der Waals surface area contributed by atoms with Gasteiger partial charge in [0.25, 0.3) is 0 Å². The summed E-state index contributed by atoms with van der Waals surface area (Å²) in [6, 6.07) is 4.46. The maximum Gasteiger partial charge on any atom is 0.409 e. The SMILES string of the molecule is CC(=O)N(C)C(CS)C(=O)OC1CC(=O)N(C)c2cc(CO)cc(c2)C/C(C)=C/C=C/C(C)C2(O)CC(OC(=O)N2)C(C)C2OC12C. The monoisotopic (exact) mass is 673 g/mol. The van der Waals surface area contributed by atoms with Crippen LogP contribution in [0.2, 0.25) is 0 Å². The Hall–Kier alpha value is -3.39. The van der Waals surface area contributed by atoms with Gasteiger partial charge in [0.15, 0.2) is 0 Å². The van der Waals surface area contributed by atoms with E-state index in [2.05, 4.69) is 17.9 Å². The number of carbonyl (C=O) groups is 4. The van der Waals surface area contributed by atoms with Gasteiger partial charge >= 0.3 is 12.1 Å². The van der Waals surface area contributed by atoms with Crippen molar-refractivity contribution in [3.8, 4) is 0 Å². The Labute approximate surface area is 281 Å². The molecule has 3 N–H and O–H groups in total. The Morgan fingerprint density at radius 2 is 1.96 bits per heavy atom. The number of likely N-dealkylation sites (N-methyl/N-ethyl adjacent to an activating group) is 1. The minimum Gasteiger partial charge on any atom is -0.457 e. The Balaban J connectivity index is 1.76. The molecule has 1 aromatic rings. The fourth-order valence-corrected chi connectivity index (χ4v) is 6.70. The fourth-order valence-electron chi connectivity index (χ4n) is 6.31. The van der Waals surface area contributed by atoms with Crippen LogP contribution in [0.5, 0.6) is 0 Å². The normalized spacial score (nSPS) is 33.7. The number of aliphatic hydroxyl groups excluding tert-OH is 1. The number of alkyl carbamates (subject to hydrolysis) is 1. The van der Waals surface area contributed by atoms with E-state index in [0.29, 0.717) is 17.7 Å². The highest BCUT2D eigenvalue weighted by Crippen LogP contribution is 2.49. The molecule has 0 spiro atoms. The van der Waals surface area contributed by atoms with E-state index in [0.717, 1.165) is 11.1 Å². The van der Waals surface area contributed by atoms with E-state index in [4.69, 9.17) is 14.2 Å². The molecule has 2 saturated heterocycles. The number of hydrogen-bond donors (Lipinski definition) is 4. The smallest absolute Gasteiger partial charge is 0.409 e. The molecule has 3 amide bonds. The zero-order chi connectivity index (χ0) is 34.8. The molecule has 2 fully saturated rings. The van der Waals surface area contributed by atoms with Gasteiger partial charge in [0, 0.05) is 50.7 Å². The molecule has 3 aliphatic heterocycles. The summed E-state index contributed by atoms with van der Waals surface area (Å²) in [5.74, 6) is -2.42. The van der Waals surface area contributed by atoms with E-state index in [1.54, 1.807) is 27.0 Å². The number of fused-ring (bicyclic) bond motifs is 5. The molecule has 4 rings (SSSR count). The maximum absolute atomic E-state index is 13.9. The van der Waals surface area contributed by atoms with Crippen LogP contribution in [0.3, 0.4) is 0 Å². The number of epoxide rings is 1. The largest absolute Gasteiger partial charge is 0.457 e. The highest BCUT2D eigenvalue weighted by molar-refractivity contribution is 7.80. The first kappa shape index (κ1) is 36.4.